The minimum Gasteiger partial charge on any atom is -0.401 e. The van der Waals surface area contributed by atoms with E-state index < -0.39 is 17.7 Å². The fraction of sp³-hybridized carbons (Fsp3) is 0.621. The van der Waals surface area contributed by atoms with Gasteiger partial charge < -0.3 is 26.4 Å². The largest absolute Gasteiger partial charge is 0.416 e. The van der Waals surface area contributed by atoms with Gasteiger partial charge in [-0.25, -0.2) is 0 Å². The molecule has 7 nitrogen and oxygen atoms in total. The molecule has 1 saturated heterocycles. The summed E-state index contributed by atoms with van der Waals surface area (Å²) < 4.78 is 45.0. The van der Waals surface area contributed by atoms with Gasteiger partial charge in [0.25, 0.3) is 0 Å². The number of nitrogens with two attached hydrogens (primary N) is 2. The summed E-state index contributed by atoms with van der Waals surface area (Å²) in [6.45, 7) is 10.5. The first-order chi connectivity index (χ1) is 18.4. The Labute approximate surface area is 229 Å². The molecule has 1 saturated carbocycles. The number of rotatable bonds is 8. The molecule has 4 aliphatic rings. The molecular formula is C29H42F3N5O2. The van der Waals surface area contributed by atoms with Crippen molar-refractivity contribution in [1.29, 1.82) is 0 Å². The van der Waals surface area contributed by atoms with Crippen molar-refractivity contribution >= 4 is 5.91 Å². The summed E-state index contributed by atoms with van der Waals surface area (Å²) in [6, 6.07) is -0.459. The van der Waals surface area contributed by atoms with Gasteiger partial charge in [0.05, 0.1) is 25.0 Å². The second-order valence-corrected chi connectivity index (χ2v) is 11.2. The molecule has 4 unspecified atom stereocenters. The summed E-state index contributed by atoms with van der Waals surface area (Å²) in [7, 11) is 0. The van der Waals surface area contributed by atoms with Crippen molar-refractivity contribution in [3.63, 3.8) is 0 Å². The van der Waals surface area contributed by atoms with E-state index in [2.05, 4.69) is 29.4 Å². The van der Waals surface area contributed by atoms with Gasteiger partial charge in [-0.15, -0.1) is 0 Å². The molecule has 6 N–H and O–H groups in total. The van der Waals surface area contributed by atoms with E-state index in [-0.39, 0.29) is 35.8 Å². The van der Waals surface area contributed by atoms with Gasteiger partial charge >= 0.3 is 6.18 Å². The first-order valence-corrected chi connectivity index (χ1v) is 14.0. The number of hydrogen-bond acceptors (Lipinski definition) is 6. The number of halogens is 3. The lowest BCUT2D eigenvalue weighted by Gasteiger charge is -2.36. The second-order valence-electron chi connectivity index (χ2n) is 11.2. The number of alkyl halides is 3. The minimum atomic E-state index is -4.43. The van der Waals surface area contributed by atoms with Crippen molar-refractivity contribution in [2.75, 3.05) is 26.3 Å². The van der Waals surface area contributed by atoms with Crippen molar-refractivity contribution in [3.8, 4) is 0 Å². The van der Waals surface area contributed by atoms with E-state index in [0.717, 1.165) is 43.8 Å². The molecule has 2 fully saturated rings. The molecule has 39 heavy (non-hydrogen) atoms. The zero-order chi connectivity index (χ0) is 28.3. The van der Waals surface area contributed by atoms with Gasteiger partial charge in [-0.2, -0.15) is 13.2 Å². The standard InChI is InChI=1S/C29H42F3N5O2/c1-17(24-15-23(16-26(24)34)29(30,31)32)35-18(2)25-14-22(8-9-27(25)36-19(3)33)20-4-6-21(7-5-20)28(38)37-10-12-39-13-11-37/h8,14-17,19-21,24,27,35-36H,2,4-7,9-13,33-34H2,1,3H3. The Morgan fingerprint density at radius 1 is 1.15 bits per heavy atom. The van der Waals surface area contributed by atoms with E-state index in [9.17, 15) is 18.0 Å². The first kappa shape index (κ1) is 29.4. The number of ether oxygens (including phenoxy) is 1. The van der Waals surface area contributed by atoms with Crippen LogP contribution in [0.5, 0.6) is 0 Å². The van der Waals surface area contributed by atoms with Crippen LogP contribution in [0.2, 0.25) is 0 Å². The Balaban J connectivity index is 1.42. The fourth-order valence-electron chi connectivity index (χ4n) is 6.16. The topological polar surface area (TPSA) is 106 Å². The Kier molecular flexibility index (Phi) is 9.29. The molecule has 4 rings (SSSR count). The summed E-state index contributed by atoms with van der Waals surface area (Å²) in [5.41, 5.74) is 14.3. The number of carbonyl (C=O) groups excluding carboxylic acids is 1. The molecule has 0 spiro atoms. The highest BCUT2D eigenvalue weighted by atomic mass is 19.4. The lowest BCUT2D eigenvalue weighted by molar-refractivity contribution is -0.140. The number of carbonyl (C=O) groups is 1. The van der Waals surface area contributed by atoms with Crippen LogP contribution in [0.3, 0.4) is 0 Å². The maximum Gasteiger partial charge on any atom is 0.416 e. The fourth-order valence-corrected chi connectivity index (χ4v) is 6.16. The van der Waals surface area contributed by atoms with E-state index >= 15 is 0 Å². The number of hydrogen-bond donors (Lipinski definition) is 4. The summed E-state index contributed by atoms with van der Waals surface area (Å²) >= 11 is 0. The highest BCUT2D eigenvalue weighted by molar-refractivity contribution is 5.79. The minimum absolute atomic E-state index is 0.0662. The number of amides is 1. The van der Waals surface area contributed by atoms with Gasteiger partial charge in [0.15, 0.2) is 0 Å². The molecule has 0 aromatic rings. The van der Waals surface area contributed by atoms with Crippen LogP contribution in [0.15, 0.2) is 59.0 Å². The van der Waals surface area contributed by atoms with Crippen LogP contribution in [0.25, 0.3) is 0 Å². The molecule has 3 aliphatic carbocycles. The Hall–Kier alpha value is -2.56. The normalized spacial score (nSPS) is 29.5. The van der Waals surface area contributed by atoms with E-state index in [0.29, 0.717) is 37.9 Å². The predicted octanol–water partition coefficient (Wildman–Crippen LogP) is 3.62. The summed E-state index contributed by atoms with van der Waals surface area (Å²) in [5, 5.41) is 6.69. The number of morpholine rings is 1. The van der Waals surface area contributed by atoms with E-state index in [1.807, 2.05) is 18.7 Å². The Bertz CT molecular complexity index is 1050. The lowest BCUT2D eigenvalue weighted by atomic mass is 9.75. The van der Waals surface area contributed by atoms with Crippen molar-refractivity contribution in [3.05, 3.63) is 59.0 Å². The molecule has 0 bridgehead atoms. The lowest BCUT2D eigenvalue weighted by Crippen LogP contribution is -2.45. The molecule has 1 amide bonds. The van der Waals surface area contributed by atoms with Crippen molar-refractivity contribution < 1.29 is 22.7 Å². The average Bonchev–Trinajstić information content (AvgIpc) is 3.31. The van der Waals surface area contributed by atoms with Crippen molar-refractivity contribution in [2.45, 2.75) is 70.4 Å². The highest BCUT2D eigenvalue weighted by Gasteiger charge is 2.38. The third-order valence-electron chi connectivity index (χ3n) is 8.30. The summed E-state index contributed by atoms with van der Waals surface area (Å²) in [6.07, 6.45) is 6.22. The smallest absolute Gasteiger partial charge is 0.401 e. The third kappa shape index (κ3) is 7.15. The SMILES string of the molecule is C=C(NC(C)C1C=C(C(F)(F)F)C=C1N)C1=CC(C2CCC(C(=O)N3CCOCC3)CC2)=CCC1NC(C)N. The zero-order valence-electron chi connectivity index (χ0n) is 22.9. The van der Waals surface area contributed by atoms with E-state index in [4.69, 9.17) is 16.2 Å². The molecule has 1 aliphatic heterocycles. The van der Waals surface area contributed by atoms with Gasteiger partial charge in [0.1, 0.15) is 0 Å². The number of allylic oxidation sites excluding steroid dienone is 4. The zero-order valence-corrected chi connectivity index (χ0v) is 22.9. The number of nitrogens with one attached hydrogen (secondary N) is 2. The van der Waals surface area contributed by atoms with E-state index in [1.165, 1.54) is 11.6 Å². The molecule has 1 heterocycles. The van der Waals surface area contributed by atoms with E-state index in [1.54, 1.807) is 0 Å². The maximum atomic E-state index is 13.2. The molecule has 0 radical (unpaired) electrons. The molecule has 4 atom stereocenters. The highest BCUT2D eigenvalue weighted by Crippen LogP contribution is 2.39. The monoisotopic (exact) mass is 549 g/mol. The third-order valence-corrected chi connectivity index (χ3v) is 8.30. The van der Waals surface area contributed by atoms with Crippen LogP contribution in [0, 0.1) is 17.8 Å². The Morgan fingerprint density at radius 3 is 2.41 bits per heavy atom. The van der Waals surface area contributed by atoms with Gasteiger partial charge in [0, 0.05) is 48.4 Å². The molecular weight excluding hydrogens is 507 g/mol. The van der Waals surface area contributed by atoms with Crippen LogP contribution in [0.4, 0.5) is 13.2 Å². The van der Waals surface area contributed by atoms with Gasteiger partial charge in [-0.1, -0.05) is 24.8 Å². The van der Waals surface area contributed by atoms with Crippen molar-refractivity contribution in [1.82, 2.24) is 15.5 Å². The quantitative estimate of drug-likeness (QED) is 0.345. The van der Waals surface area contributed by atoms with Gasteiger partial charge in [-0.3, -0.25) is 10.1 Å². The second kappa shape index (κ2) is 12.3. The number of nitrogens with zero attached hydrogens (tertiary/aromatic N) is 1. The van der Waals surface area contributed by atoms with Gasteiger partial charge in [0.2, 0.25) is 5.91 Å². The van der Waals surface area contributed by atoms with Gasteiger partial charge in [-0.05, 0) is 69.1 Å². The van der Waals surface area contributed by atoms with Crippen LogP contribution in [0.1, 0.15) is 46.0 Å². The van der Waals surface area contributed by atoms with Crippen LogP contribution in [-0.2, 0) is 9.53 Å². The predicted molar refractivity (Wildman–Crippen MR) is 146 cm³/mol. The average molecular weight is 550 g/mol. The molecule has 10 heteroatoms. The van der Waals surface area contributed by atoms with Crippen LogP contribution in [-0.4, -0.2) is 61.5 Å². The molecule has 0 aromatic carbocycles. The van der Waals surface area contributed by atoms with Crippen LogP contribution >= 0.6 is 0 Å². The maximum absolute atomic E-state index is 13.2. The van der Waals surface area contributed by atoms with Crippen molar-refractivity contribution in [2.24, 2.45) is 29.2 Å². The van der Waals surface area contributed by atoms with Crippen LogP contribution < -0.4 is 22.1 Å². The molecule has 0 aromatic heterocycles. The Morgan fingerprint density at radius 2 is 1.82 bits per heavy atom. The summed E-state index contributed by atoms with van der Waals surface area (Å²) in [4.78, 5) is 14.9. The summed E-state index contributed by atoms with van der Waals surface area (Å²) in [5.74, 6) is 0.0791. The first-order valence-electron chi connectivity index (χ1n) is 14.0. The molecule has 216 valence electrons.